The number of nitrogens with two attached hydrogens (primary N) is 1. The lowest BCUT2D eigenvalue weighted by Gasteiger charge is -2.35. The summed E-state index contributed by atoms with van der Waals surface area (Å²) in [7, 11) is 0. The van der Waals surface area contributed by atoms with Crippen LogP contribution < -0.4 is 5.73 Å². The molecule has 2 N–H and O–H groups in total. The van der Waals surface area contributed by atoms with E-state index in [2.05, 4.69) is 20.8 Å². The topological polar surface area (TPSA) is 46.3 Å². The molecule has 2 rings (SSSR count). The van der Waals surface area contributed by atoms with Crippen molar-refractivity contribution in [2.24, 2.45) is 5.73 Å². The van der Waals surface area contributed by atoms with Crippen molar-refractivity contribution in [3.63, 3.8) is 0 Å². The Balaban J connectivity index is 2.20. The van der Waals surface area contributed by atoms with E-state index in [1.54, 1.807) is 0 Å². The Bertz CT molecular complexity index is 531. The van der Waals surface area contributed by atoms with Gasteiger partial charge in [-0.15, -0.1) is 0 Å². The van der Waals surface area contributed by atoms with E-state index in [1.807, 2.05) is 29.2 Å². The molecule has 1 aromatic carbocycles. The van der Waals surface area contributed by atoms with Crippen molar-refractivity contribution in [1.29, 1.82) is 0 Å². The molecule has 1 aliphatic rings. The van der Waals surface area contributed by atoms with E-state index in [0.29, 0.717) is 10.6 Å². The molecule has 1 amide bonds. The molecule has 0 bridgehead atoms. The highest BCUT2D eigenvalue weighted by Crippen LogP contribution is 2.24. The van der Waals surface area contributed by atoms with Crippen molar-refractivity contribution in [1.82, 2.24) is 4.90 Å². The lowest BCUT2D eigenvalue weighted by molar-refractivity contribution is 0.0681. The number of benzene rings is 1. The summed E-state index contributed by atoms with van der Waals surface area (Å²) < 4.78 is 0. The van der Waals surface area contributed by atoms with Crippen LogP contribution in [0.1, 0.15) is 56.0 Å². The van der Waals surface area contributed by atoms with Gasteiger partial charge in [0, 0.05) is 12.1 Å². The van der Waals surface area contributed by atoms with Gasteiger partial charge in [0.25, 0.3) is 5.91 Å². The summed E-state index contributed by atoms with van der Waals surface area (Å²) in [5.74, 6) is 0.0351. The number of amides is 1. The van der Waals surface area contributed by atoms with Gasteiger partial charge >= 0.3 is 0 Å². The monoisotopic (exact) mass is 304 g/mol. The largest absolute Gasteiger partial charge is 0.392 e. The molecular weight excluding hydrogens is 280 g/mol. The Kier molecular flexibility index (Phi) is 4.67. The van der Waals surface area contributed by atoms with Crippen LogP contribution in [0.2, 0.25) is 0 Å². The normalized spacial score (nSPS) is 19.4. The first-order valence-corrected chi connectivity index (χ1v) is 7.92. The van der Waals surface area contributed by atoms with Crippen LogP contribution in [0.25, 0.3) is 0 Å². The summed E-state index contributed by atoms with van der Waals surface area (Å²) in [6, 6.07) is 7.80. The second-order valence-electron chi connectivity index (χ2n) is 6.74. The van der Waals surface area contributed by atoms with Crippen LogP contribution in [-0.2, 0) is 5.41 Å². The summed E-state index contributed by atoms with van der Waals surface area (Å²) in [4.78, 5) is 14.9. The summed E-state index contributed by atoms with van der Waals surface area (Å²) in [5, 5.41) is 0. The number of hydrogen-bond donors (Lipinski definition) is 1. The Morgan fingerprint density at radius 2 is 1.86 bits per heavy atom. The maximum absolute atomic E-state index is 12.7. The molecule has 0 spiro atoms. The maximum Gasteiger partial charge on any atom is 0.254 e. The van der Waals surface area contributed by atoms with Gasteiger partial charge in [-0.1, -0.05) is 45.1 Å². The number of piperidine rings is 1. The highest BCUT2D eigenvalue weighted by molar-refractivity contribution is 7.80. The third kappa shape index (κ3) is 3.62. The number of thiocarbonyl (C=S) groups is 1. The number of likely N-dealkylation sites (tertiary alicyclic amines) is 1. The zero-order valence-electron chi connectivity index (χ0n) is 13.1. The molecule has 21 heavy (non-hydrogen) atoms. The fraction of sp³-hybridized carbons (Fsp3) is 0.529. The molecule has 3 nitrogen and oxygen atoms in total. The lowest BCUT2D eigenvalue weighted by atomic mass is 9.86. The van der Waals surface area contributed by atoms with Gasteiger partial charge in [0.15, 0.2) is 0 Å². The molecule has 0 aromatic heterocycles. The second-order valence-corrected chi connectivity index (χ2v) is 7.21. The average molecular weight is 304 g/mol. The number of carbonyl (C=O) groups excluding carboxylic acids is 1. The van der Waals surface area contributed by atoms with Crippen molar-refractivity contribution in [3.8, 4) is 0 Å². The van der Waals surface area contributed by atoms with Crippen LogP contribution in [-0.4, -0.2) is 28.4 Å². The van der Waals surface area contributed by atoms with E-state index in [1.165, 1.54) is 5.56 Å². The minimum Gasteiger partial charge on any atom is -0.392 e. The molecule has 1 saturated heterocycles. The Hall–Kier alpha value is -1.42. The summed E-state index contributed by atoms with van der Waals surface area (Å²) in [6.45, 7) is 7.23. The van der Waals surface area contributed by atoms with Crippen LogP contribution in [0.3, 0.4) is 0 Å². The minimum absolute atomic E-state index is 0.0351. The van der Waals surface area contributed by atoms with Gasteiger partial charge in [-0.3, -0.25) is 4.79 Å². The molecular formula is C17H24N2OS. The summed E-state index contributed by atoms with van der Waals surface area (Å²) in [5.41, 5.74) is 7.82. The quantitative estimate of drug-likeness (QED) is 0.853. The van der Waals surface area contributed by atoms with Crippen molar-refractivity contribution >= 4 is 23.1 Å². The molecule has 0 saturated carbocycles. The van der Waals surface area contributed by atoms with E-state index in [-0.39, 0.29) is 17.4 Å². The maximum atomic E-state index is 12.7. The number of rotatable bonds is 2. The van der Waals surface area contributed by atoms with Crippen LogP contribution >= 0.6 is 12.2 Å². The van der Waals surface area contributed by atoms with Gasteiger partial charge in [0.2, 0.25) is 0 Å². The average Bonchev–Trinajstić information content (AvgIpc) is 2.45. The zero-order chi connectivity index (χ0) is 15.6. The van der Waals surface area contributed by atoms with E-state index >= 15 is 0 Å². The molecule has 1 aromatic rings. The van der Waals surface area contributed by atoms with Gasteiger partial charge in [0.1, 0.15) is 0 Å². The van der Waals surface area contributed by atoms with Gasteiger partial charge < -0.3 is 10.6 Å². The van der Waals surface area contributed by atoms with Gasteiger partial charge in [-0.05, 0) is 42.4 Å². The summed E-state index contributed by atoms with van der Waals surface area (Å²) >= 11 is 5.12. The Morgan fingerprint density at radius 3 is 2.38 bits per heavy atom. The molecule has 1 heterocycles. The molecule has 1 atom stereocenters. The number of hydrogen-bond acceptors (Lipinski definition) is 2. The van der Waals surface area contributed by atoms with Crippen molar-refractivity contribution in [2.75, 3.05) is 6.54 Å². The fourth-order valence-electron chi connectivity index (χ4n) is 2.75. The third-order valence-corrected chi connectivity index (χ3v) is 4.36. The van der Waals surface area contributed by atoms with E-state index in [0.717, 1.165) is 25.8 Å². The van der Waals surface area contributed by atoms with E-state index in [9.17, 15) is 4.79 Å². The standard InChI is InChI=1S/C17H24N2OS/c1-17(2,3)13-9-7-12(8-10-13)16(20)19-11-5-4-6-14(19)15(18)21/h7-10,14H,4-6,11H2,1-3H3,(H2,18,21). The first-order valence-electron chi connectivity index (χ1n) is 7.51. The van der Waals surface area contributed by atoms with Crippen LogP contribution in [0.15, 0.2) is 24.3 Å². The SMILES string of the molecule is CC(C)(C)c1ccc(C(=O)N2CCCCC2C(N)=S)cc1. The second kappa shape index (κ2) is 6.14. The Labute approximate surface area is 132 Å². The minimum atomic E-state index is -0.0939. The molecule has 1 aliphatic heterocycles. The van der Waals surface area contributed by atoms with Crippen molar-refractivity contribution in [3.05, 3.63) is 35.4 Å². The predicted octanol–water partition coefficient (Wildman–Crippen LogP) is 3.26. The van der Waals surface area contributed by atoms with Crippen LogP contribution in [0, 0.1) is 0 Å². The number of carbonyl (C=O) groups is 1. The van der Waals surface area contributed by atoms with E-state index < -0.39 is 0 Å². The Morgan fingerprint density at radius 1 is 1.24 bits per heavy atom. The molecule has 1 fully saturated rings. The van der Waals surface area contributed by atoms with E-state index in [4.69, 9.17) is 18.0 Å². The zero-order valence-corrected chi connectivity index (χ0v) is 13.9. The van der Waals surface area contributed by atoms with Gasteiger partial charge in [-0.2, -0.15) is 0 Å². The molecule has 0 radical (unpaired) electrons. The van der Waals surface area contributed by atoms with Crippen molar-refractivity contribution in [2.45, 2.75) is 51.5 Å². The predicted molar refractivity (Wildman–Crippen MR) is 90.6 cm³/mol. The summed E-state index contributed by atoms with van der Waals surface area (Å²) in [6.07, 6.45) is 2.97. The number of nitrogens with zero attached hydrogens (tertiary/aromatic N) is 1. The molecule has 1 unspecified atom stereocenters. The molecule has 114 valence electrons. The van der Waals surface area contributed by atoms with Gasteiger partial charge in [0.05, 0.1) is 11.0 Å². The van der Waals surface area contributed by atoms with Crippen molar-refractivity contribution < 1.29 is 4.79 Å². The van der Waals surface area contributed by atoms with Crippen LogP contribution in [0.4, 0.5) is 0 Å². The first-order chi connectivity index (χ1) is 9.80. The lowest BCUT2D eigenvalue weighted by Crippen LogP contribution is -2.49. The first kappa shape index (κ1) is 16.0. The van der Waals surface area contributed by atoms with Crippen LogP contribution in [0.5, 0.6) is 0 Å². The molecule has 4 heteroatoms. The fourth-order valence-corrected chi connectivity index (χ4v) is 2.99. The smallest absolute Gasteiger partial charge is 0.254 e. The molecule has 0 aliphatic carbocycles. The highest BCUT2D eigenvalue weighted by Gasteiger charge is 2.29. The van der Waals surface area contributed by atoms with Gasteiger partial charge in [-0.25, -0.2) is 0 Å². The third-order valence-electron chi connectivity index (χ3n) is 4.09. The highest BCUT2D eigenvalue weighted by atomic mass is 32.1.